The Labute approximate surface area is 72.7 Å². The molecule has 66 valence electrons. The van der Waals surface area contributed by atoms with E-state index in [1.165, 1.54) is 6.20 Å². The third-order valence-electron chi connectivity index (χ3n) is 2.00. The molecule has 2 bridgehead atoms. The van der Waals surface area contributed by atoms with E-state index in [4.69, 9.17) is 0 Å². The molecule has 0 radical (unpaired) electrons. The molecule has 5 nitrogen and oxygen atoms in total. The first-order valence-corrected chi connectivity index (χ1v) is 3.62. The summed E-state index contributed by atoms with van der Waals surface area (Å²) in [7, 11) is 0. The molecule has 0 aromatic heterocycles. The lowest BCUT2D eigenvalue weighted by atomic mass is 9.88. The van der Waals surface area contributed by atoms with Gasteiger partial charge in [0.25, 0.3) is 5.78 Å². The molecular weight excluding hydrogens is 174 g/mol. The van der Waals surface area contributed by atoms with Crippen LogP contribution in [-0.2, 0) is 14.4 Å². The van der Waals surface area contributed by atoms with Crippen LogP contribution in [0.4, 0.5) is 0 Å². The van der Waals surface area contributed by atoms with Gasteiger partial charge in [-0.2, -0.15) is 0 Å². The highest BCUT2D eigenvalue weighted by Gasteiger charge is 2.39. The second kappa shape index (κ2) is 2.29. The minimum absolute atomic E-state index is 0.0258. The number of carbonyl (C=O) groups excluding carboxylic acids is 3. The van der Waals surface area contributed by atoms with Crippen molar-refractivity contribution in [1.29, 1.82) is 0 Å². The Morgan fingerprint density at radius 2 is 1.85 bits per heavy atom. The molecule has 1 aliphatic heterocycles. The monoisotopic (exact) mass is 179 g/mol. The number of fused-ring (bicyclic) bond motifs is 1. The van der Waals surface area contributed by atoms with Gasteiger partial charge in [0.15, 0.2) is 0 Å². The minimum Gasteiger partial charge on any atom is -0.507 e. The van der Waals surface area contributed by atoms with E-state index in [9.17, 15) is 19.5 Å². The molecule has 5 heteroatoms. The summed E-state index contributed by atoms with van der Waals surface area (Å²) in [6.07, 6.45) is 1.24. The lowest BCUT2D eigenvalue weighted by molar-refractivity contribution is -0.142. The Kier molecular flexibility index (Phi) is 1.36. The maximum atomic E-state index is 11.1. The van der Waals surface area contributed by atoms with Crippen LogP contribution in [0.15, 0.2) is 23.1 Å². The summed E-state index contributed by atoms with van der Waals surface area (Å²) in [4.78, 5) is 33.2. The molecule has 0 amide bonds. The van der Waals surface area contributed by atoms with E-state index in [1.807, 2.05) is 0 Å². The number of Topliss-reactive ketones (excluding diaryl/α,β-unsaturated/α-hetero) is 3. The van der Waals surface area contributed by atoms with Crippen molar-refractivity contribution in [3.63, 3.8) is 0 Å². The zero-order chi connectivity index (χ0) is 9.59. The van der Waals surface area contributed by atoms with Crippen LogP contribution < -0.4 is 5.32 Å². The first-order chi connectivity index (χ1) is 6.13. The normalized spacial score (nSPS) is 21.5. The highest BCUT2D eigenvalue weighted by atomic mass is 16.3. The minimum atomic E-state index is -1.07. The first-order valence-electron chi connectivity index (χ1n) is 3.62. The number of hydrogen-bond donors (Lipinski definition) is 2. The molecule has 0 saturated heterocycles. The number of rotatable bonds is 0. The van der Waals surface area contributed by atoms with Gasteiger partial charge < -0.3 is 10.4 Å². The fourth-order valence-electron chi connectivity index (χ4n) is 1.29. The summed E-state index contributed by atoms with van der Waals surface area (Å²) in [6, 6.07) is 0. The van der Waals surface area contributed by atoms with E-state index < -0.39 is 17.3 Å². The summed E-state index contributed by atoms with van der Waals surface area (Å²) in [6.45, 7) is 0.0905. The van der Waals surface area contributed by atoms with Crippen LogP contribution in [0.5, 0.6) is 0 Å². The molecule has 13 heavy (non-hydrogen) atoms. The standard InChI is InChI=1S/C8H5NO4/c10-5-3-1-9-2-4(5)7(12)8(13)6(3)11/h1,9-10H,2H2. The summed E-state index contributed by atoms with van der Waals surface area (Å²) in [5, 5.41) is 11.9. The molecule has 0 atom stereocenters. The Morgan fingerprint density at radius 3 is 2.54 bits per heavy atom. The van der Waals surface area contributed by atoms with Gasteiger partial charge in [0, 0.05) is 12.7 Å². The van der Waals surface area contributed by atoms with E-state index in [-0.39, 0.29) is 23.5 Å². The summed E-state index contributed by atoms with van der Waals surface area (Å²) < 4.78 is 0. The molecule has 0 fully saturated rings. The van der Waals surface area contributed by atoms with Gasteiger partial charge in [0.1, 0.15) is 5.76 Å². The van der Waals surface area contributed by atoms with Crippen LogP contribution in [0.1, 0.15) is 0 Å². The Morgan fingerprint density at radius 1 is 1.15 bits per heavy atom. The molecule has 1 aliphatic carbocycles. The average Bonchev–Trinajstić information content (AvgIpc) is 2.13. The molecule has 0 aromatic rings. The lowest BCUT2D eigenvalue weighted by Crippen LogP contribution is -2.39. The number of aliphatic hydroxyl groups excluding tert-OH is 1. The van der Waals surface area contributed by atoms with Gasteiger partial charge in [-0.3, -0.25) is 14.4 Å². The van der Waals surface area contributed by atoms with Gasteiger partial charge in [-0.1, -0.05) is 0 Å². The predicted molar refractivity (Wildman–Crippen MR) is 40.8 cm³/mol. The van der Waals surface area contributed by atoms with Crippen molar-refractivity contribution in [3.8, 4) is 0 Å². The number of nitrogens with one attached hydrogen (secondary N) is 1. The maximum Gasteiger partial charge on any atom is 0.274 e. The number of aliphatic hydroxyl groups is 1. The smallest absolute Gasteiger partial charge is 0.274 e. The van der Waals surface area contributed by atoms with E-state index in [0.29, 0.717) is 0 Å². The highest BCUT2D eigenvalue weighted by molar-refractivity contribution is 6.71. The first kappa shape index (κ1) is 7.72. The van der Waals surface area contributed by atoms with Gasteiger partial charge in [-0.05, 0) is 0 Å². The van der Waals surface area contributed by atoms with Crippen LogP contribution >= 0.6 is 0 Å². The zero-order valence-electron chi connectivity index (χ0n) is 6.46. The van der Waals surface area contributed by atoms with Crippen LogP contribution in [0.3, 0.4) is 0 Å². The summed E-state index contributed by atoms with van der Waals surface area (Å²) >= 11 is 0. The third kappa shape index (κ3) is 0.837. The van der Waals surface area contributed by atoms with Crippen LogP contribution in [0.25, 0.3) is 0 Å². The average molecular weight is 179 g/mol. The number of dihydropyridines is 1. The van der Waals surface area contributed by atoms with E-state index in [0.717, 1.165) is 0 Å². The second-order valence-electron chi connectivity index (χ2n) is 2.75. The maximum absolute atomic E-state index is 11.1. The summed E-state index contributed by atoms with van der Waals surface area (Å²) in [5.41, 5.74) is -0.145. The lowest BCUT2D eigenvalue weighted by Gasteiger charge is -2.20. The van der Waals surface area contributed by atoms with Crippen molar-refractivity contribution in [2.45, 2.75) is 0 Å². The molecule has 1 heterocycles. The van der Waals surface area contributed by atoms with E-state index in [1.54, 1.807) is 0 Å². The van der Waals surface area contributed by atoms with Gasteiger partial charge in [-0.15, -0.1) is 0 Å². The van der Waals surface area contributed by atoms with Gasteiger partial charge in [-0.25, -0.2) is 0 Å². The van der Waals surface area contributed by atoms with Crippen LogP contribution in [-0.4, -0.2) is 29.0 Å². The van der Waals surface area contributed by atoms with Gasteiger partial charge in [0.2, 0.25) is 11.6 Å². The Bertz CT molecular complexity index is 402. The van der Waals surface area contributed by atoms with E-state index in [2.05, 4.69) is 5.32 Å². The van der Waals surface area contributed by atoms with Crippen molar-refractivity contribution in [2.24, 2.45) is 0 Å². The molecule has 2 rings (SSSR count). The Hall–Kier alpha value is -1.91. The quantitative estimate of drug-likeness (QED) is 0.466. The molecule has 2 aliphatic rings. The number of carbonyl (C=O) groups is 3. The molecule has 0 unspecified atom stereocenters. The number of hydrogen-bond acceptors (Lipinski definition) is 5. The highest BCUT2D eigenvalue weighted by Crippen LogP contribution is 2.22. The van der Waals surface area contributed by atoms with Crippen LogP contribution in [0, 0.1) is 0 Å². The summed E-state index contributed by atoms with van der Waals surface area (Å²) in [5.74, 6) is -3.29. The SMILES string of the molecule is O=C1C(=O)C2=CNCC(=C2O)C1=O. The number of ketones is 3. The number of allylic oxidation sites excluding steroid dienone is 1. The van der Waals surface area contributed by atoms with Crippen molar-refractivity contribution in [1.82, 2.24) is 5.32 Å². The third-order valence-corrected chi connectivity index (χ3v) is 2.00. The zero-order valence-corrected chi connectivity index (χ0v) is 6.46. The van der Waals surface area contributed by atoms with Gasteiger partial charge in [0.05, 0.1) is 11.1 Å². The van der Waals surface area contributed by atoms with Crippen molar-refractivity contribution in [3.05, 3.63) is 23.1 Å². The Balaban J connectivity index is 2.67. The molecular formula is C8H5NO4. The predicted octanol–water partition coefficient (Wildman–Crippen LogP) is -0.994. The fraction of sp³-hybridized carbons (Fsp3) is 0.125. The molecule has 0 spiro atoms. The van der Waals surface area contributed by atoms with Crippen molar-refractivity contribution in [2.75, 3.05) is 6.54 Å². The topological polar surface area (TPSA) is 83.5 Å². The van der Waals surface area contributed by atoms with Crippen molar-refractivity contribution < 1.29 is 19.5 Å². The van der Waals surface area contributed by atoms with Crippen molar-refractivity contribution >= 4 is 17.3 Å². The molecule has 0 aromatic carbocycles. The van der Waals surface area contributed by atoms with Gasteiger partial charge >= 0.3 is 0 Å². The second-order valence-corrected chi connectivity index (χ2v) is 2.75. The molecule has 2 N–H and O–H groups in total. The fourth-order valence-corrected chi connectivity index (χ4v) is 1.29. The van der Waals surface area contributed by atoms with E-state index >= 15 is 0 Å². The van der Waals surface area contributed by atoms with Crippen LogP contribution in [0.2, 0.25) is 0 Å². The largest absolute Gasteiger partial charge is 0.507 e. The molecule has 0 saturated carbocycles.